The van der Waals surface area contributed by atoms with Crippen LogP contribution in [-0.4, -0.2) is 53.4 Å². The quantitative estimate of drug-likeness (QED) is 0.333. The van der Waals surface area contributed by atoms with Gasteiger partial charge in [0.05, 0.1) is 0 Å². The summed E-state index contributed by atoms with van der Waals surface area (Å²) in [6.45, 7) is 11.9. The maximum atomic E-state index is 13.8. The van der Waals surface area contributed by atoms with E-state index in [9.17, 15) is 19.2 Å². The molecule has 4 amide bonds. The van der Waals surface area contributed by atoms with Crippen LogP contribution in [0.15, 0.2) is 24.3 Å². The van der Waals surface area contributed by atoms with Crippen LogP contribution in [0.1, 0.15) is 90.8 Å². The Morgan fingerprint density at radius 3 is 2.17 bits per heavy atom. The molecular weight excluding hydrogens is 460 g/mol. The number of nitrogens with one attached hydrogen (secondary N) is 2. The number of rotatable bonds is 14. The van der Waals surface area contributed by atoms with Gasteiger partial charge in [-0.05, 0) is 57.6 Å². The molecule has 1 rings (SSSR count). The molecule has 0 aromatic heterocycles. The first-order valence-electron chi connectivity index (χ1n) is 12.9. The minimum atomic E-state index is -1.08. The number of benzene rings is 1. The van der Waals surface area contributed by atoms with E-state index < -0.39 is 35.6 Å². The van der Waals surface area contributed by atoms with Crippen LogP contribution in [0.2, 0.25) is 0 Å². The minimum absolute atomic E-state index is 0.00737. The molecule has 0 fully saturated rings. The molecule has 0 spiro atoms. The number of ether oxygens (including phenoxy) is 1. The summed E-state index contributed by atoms with van der Waals surface area (Å²) in [5.41, 5.74) is 6.35. The van der Waals surface area contributed by atoms with Gasteiger partial charge in [0.25, 0.3) is 0 Å². The van der Waals surface area contributed by atoms with Gasteiger partial charge in [0.1, 0.15) is 17.7 Å². The fraction of sp³-hybridized carbons (Fsp3) is 0.630. The van der Waals surface area contributed by atoms with Gasteiger partial charge in [-0.15, -0.1) is 0 Å². The number of hydrogen-bond donors (Lipinski definition) is 3. The van der Waals surface area contributed by atoms with Gasteiger partial charge in [0, 0.05) is 19.5 Å². The smallest absolute Gasteiger partial charge is 0.408 e. The second-order valence-electron chi connectivity index (χ2n) is 9.88. The third-order valence-electron chi connectivity index (χ3n) is 5.51. The van der Waals surface area contributed by atoms with Crippen molar-refractivity contribution in [1.82, 2.24) is 15.5 Å². The normalized spacial score (nSPS) is 12.8. The van der Waals surface area contributed by atoms with Crippen molar-refractivity contribution in [2.45, 2.75) is 97.8 Å². The summed E-state index contributed by atoms with van der Waals surface area (Å²) in [5, 5.41) is 5.54. The molecule has 4 N–H and O–H groups in total. The molecule has 0 aliphatic carbocycles. The summed E-state index contributed by atoms with van der Waals surface area (Å²) in [7, 11) is 0. The second kappa shape index (κ2) is 15.1. The van der Waals surface area contributed by atoms with Gasteiger partial charge < -0.3 is 26.0 Å². The first-order valence-corrected chi connectivity index (χ1v) is 12.9. The Kier molecular flexibility index (Phi) is 13.0. The lowest BCUT2D eigenvalue weighted by Gasteiger charge is -2.34. The van der Waals surface area contributed by atoms with Crippen molar-refractivity contribution in [1.29, 1.82) is 0 Å². The number of carbonyl (C=O) groups is 4. The Bertz CT molecular complexity index is 864. The number of nitrogens with zero attached hydrogens (tertiary/aromatic N) is 1. The number of carbonyl (C=O) groups excluding carboxylic acids is 4. The molecule has 202 valence electrons. The maximum absolute atomic E-state index is 13.8. The molecule has 0 radical (unpaired) electrons. The largest absolute Gasteiger partial charge is 0.444 e. The van der Waals surface area contributed by atoms with Crippen LogP contribution in [-0.2, 0) is 25.5 Å². The molecule has 1 aromatic rings. The van der Waals surface area contributed by atoms with E-state index in [0.717, 1.165) is 24.8 Å². The van der Waals surface area contributed by atoms with E-state index in [4.69, 9.17) is 10.5 Å². The maximum Gasteiger partial charge on any atom is 0.408 e. The standard InChI is InChI=1S/C27H44N4O5/c1-7-10-17-29-24(33)23(20-13-11-19(9-3)12-14-20)31(18-8-2)25(34)21(15-16-22(28)32)30-26(35)36-27(4,5)6/h11-14,21,23H,7-10,15-18H2,1-6H3,(H2,28,32)(H,29,33)(H,30,35). The van der Waals surface area contributed by atoms with Crippen molar-refractivity contribution >= 4 is 23.8 Å². The van der Waals surface area contributed by atoms with Gasteiger partial charge in [-0.25, -0.2) is 4.79 Å². The number of nitrogens with two attached hydrogens (primary N) is 1. The second-order valence-corrected chi connectivity index (χ2v) is 9.88. The summed E-state index contributed by atoms with van der Waals surface area (Å²) in [6, 6.07) is 5.63. The first-order chi connectivity index (χ1) is 16.9. The molecule has 9 nitrogen and oxygen atoms in total. The number of alkyl carbamates (subject to hydrolysis) is 1. The van der Waals surface area contributed by atoms with E-state index >= 15 is 0 Å². The molecule has 0 heterocycles. The first kappa shape index (κ1) is 30.9. The topological polar surface area (TPSA) is 131 Å². The molecule has 0 bridgehead atoms. The van der Waals surface area contributed by atoms with Crippen molar-refractivity contribution in [2.75, 3.05) is 13.1 Å². The minimum Gasteiger partial charge on any atom is -0.444 e. The molecule has 2 atom stereocenters. The van der Waals surface area contributed by atoms with Gasteiger partial charge in [-0.2, -0.15) is 0 Å². The molecule has 0 saturated heterocycles. The van der Waals surface area contributed by atoms with Gasteiger partial charge in [0.15, 0.2) is 0 Å². The van der Waals surface area contributed by atoms with Crippen LogP contribution in [0, 0.1) is 0 Å². The lowest BCUT2D eigenvalue weighted by Crippen LogP contribution is -2.53. The van der Waals surface area contributed by atoms with Crippen LogP contribution in [0.4, 0.5) is 4.79 Å². The zero-order valence-electron chi connectivity index (χ0n) is 22.7. The zero-order valence-corrected chi connectivity index (χ0v) is 22.7. The van der Waals surface area contributed by atoms with E-state index in [2.05, 4.69) is 10.6 Å². The molecule has 9 heteroatoms. The van der Waals surface area contributed by atoms with Crippen LogP contribution in [0.25, 0.3) is 0 Å². The van der Waals surface area contributed by atoms with E-state index in [1.54, 1.807) is 20.8 Å². The summed E-state index contributed by atoms with van der Waals surface area (Å²) in [6.07, 6.45) is 2.28. The van der Waals surface area contributed by atoms with E-state index in [0.29, 0.717) is 18.5 Å². The van der Waals surface area contributed by atoms with Crippen LogP contribution < -0.4 is 16.4 Å². The van der Waals surface area contributed by atoms with Crippen molar-refractivity contribution < 1.29 is 23.9 Å². The number of hydrogen-bond acceptors (Lipinski definition) is 5. The van der Waals surface area contributed by atoms with Crippen LogP contribution in [0.3, 0.4) is 0 Å². The molecule has 0 aliphatic rings. The van der Waals surface area contributed by atoms with Gasteiger partial charge in [-0.1, -0.05) is 51.5 Å². The summed E-state index contributed by atoms with van der Waals surface area (Å²) in [4.78, 5) is 52.7. The molecule has 36 heavy (non-hydrogen) atoms. The van der Waals surface area contributed by atoms with Crippen molar-refractivity contribution in [3.05, 3.63) is 35.4 Å². The summed E-state index contributed by atoms with van der Waals surface area (Å²) >= 11 is 0. The van der Waals surface area contributed by atoms with Crippen molar-refractivity contribution in [3.8, 4) is 0 Å². The third kappa shape index (κ3) is 10.7. The van der Waals surface area contributed by atoms with Gasteiger partial charge in [0.2, 0.25) is 17.7 Å². The Morgan fingerprint density at radius 1 is 1.03 bits per heavy atom. The lowest BCUT2D eigenvalue weighted by molar-refractivity contribution is -0.142. The predicted octanol–water partition coefficient (Wildman–Crippen LogP) is 3.60. The average Bonchev–Trinajstić information content (AvgIpc) is 2.80. The van der Waals surface area contributed by atoms with E-state index in [-0.39, 0.29) is 25.3 Å². The number of amides is 4. The van der Waals surface area contributed by atoms with Crippen molar-refractivity contribution in [3.63, 3.8) is 0 Å². The van der Waals surface area contributed by atoms with Crippen LogP contribution >= 0.6 is 0 Å². The highest BCUT2D eigenvalue weighted by Crippen LogP contribution is 2.24. The number of unbranched alkanes of at least 4 members (excludes halogenated alkanes) is 1. The van der Waals surface area contributed by atoms with E-state index in [1.165, 1.54) is 4.90 Å². The Hall–Kier alpha value is -3.10. The fourth-order valence-electron chi connectivity index (χ4n) is 3.69. The zero-order chi connectivity index (χ0) is 27.3. The molecule has 0 saturated carbocycles. The Morgan fingerprint density at radius 2 is 1.67 bits per heavy atom. The highest BCUT2D eigenvalue weighted by Gasteiger charge is 2.35. The van der Waals surface area contributed by atoms with E-state index in [1.807, 2.05) is 45.0 Å². The average molecular weight is 505 g/mol. The molecule has 1 aromatic carbocycles. The van der Waals surface area contributed by atoms with Gasteiger partial charge in [-0.3, -0.25) is 14.4 Å². The molecule has 0 aliphatic heterocycles. The fourth-order valence-corrected chi connectivity index (χ4v) is 3.69. The number of primary amides is 1. The summed E-state index contributed by atoms with van der Waals surface area (Å²) in [5.74, 6) is -1.36. The third-order valence-corrected chi connectivity index (χ3v) is 5.51. The molecular formula is C27H44N4O5. The lowest BCUT2D eigenvalue weighted by atomic mass is 9.99. The monoisotopic (exact) mass is 504 g/mol. The predicted molar refractivity (Wildman–Crippen MR) is 140 cm³/mol. The highest BCUT2D eigenvalue weighted by atomic mass is 16.6. The Balaban J connectivity index is 3.39. The van der Waals surface area contributed by atoms with Crippen LogP contribution in [0.5, 0.6) is 0 Å². The Labute approximate surface area is 215 Å². The number of aryl methyl sites for hydroxylation is 1. The van der Waals surface area contributed by atoms with Gasteiger partial charge >= 0.3 is 6.09 Å². The highest BCUT2D eigenvalue weighted by molar-refractivity contribution is 5.92. The van der Waals surface area contributed by atoms with Crippen molar-refractivity contribution in [2.24, 2.45) is 5.73 Å². The molecule has 2 unspecified atom stereocenters. The summed E-state index contributed by atoms with van der Waals surface area (Å²) < 4.78 is 5.33. The SMILES string of the molecule is CCCCNC(=O)C(c1ccc(CC)cc1)N(CCC)C(=O)C(CCC(N)=O)NC(=O)OC(C)(C)C.